The van der Waals surface area contributed by atoms with Crippen LogP contribution >= 0.6 is 15.9 Å². The van der Waals surface area contributed by atoms with Crippen LogP contribution in [0.2, 0.25) is 0 Å². The summed E-state index contributed by atoms with van der Waals surface area (Å²) in [5.74, 6) is 0.451. The van der Waals surface area contributed by atoms with Crippen molar-refractivity contribution in [1.82, 2.24) is 0 Å². The summed E-state index contributed by atoms with van der Waals surface area (Å²) in [5, 5.41) is 0. The maximum Gasteiger partial charge on any atom is 0.154 e. The van der Waals surface area contributed by atoms with Crippen LogP contribution < -0.4 is 10.6 Å². The Morgan fingerprint density at radius 3 is 2.75 bits per heavy atom. The first-order chi connectivity index (χ1) is 9.28. The fraction of sp³-hybridized carbons (Fsp3) is 0.571. The van der Waals surface area contributed by atoms with Crippen LogP contribution in [-0.4, -0.2) is 38.6 Å². The van der Waals surface area contributed by atoms with Gasteiger partial charge in [0, 0.05) is 23.1 Å². The van der Waals surface area contributed by atoms with Crippen LogP contribution in [-0.2, 0) is 16.3 Å². The number of hydrogen-bond donors (Lipinski definition) is 1. The van der Waals surface area contributed by atoms with Crippen LogP contribution in [0.15, 0.2) is 22.7 Å². The Bertz CT molecular complexity index is 587. The smallest absolute Gasteiger partial charge is 0.154 e. The molecule has 1 aliphatic heterocycles. The summed E-state index contributed by atoms with van der Waals surface area (Å²) < 4.78 is 24.3. The Balaban J connectivity index is 2.21. The average Bonchev–Trinajstić information content (AvgIpc) is 2.29. The fourth-order valence-electron chi connectivity index (χ4n) is 2.64. The maximum atomic E-state index is 11.6. The molecule has 1 aromatic rings. The lowest BCUT2D eigenvalue weighted by molar-refractivity contribution is 0.568. The quantitative estimate of drug-likeness (QED) is 0.894. The third-order valence-electron chi connectivity index (χ3n) is 3.55. The molecule has 1 saturated heterocycles. The Kier molecular flexibility index (Phi) is 4.76. The van der Waals surface area contributed by atoms with Gasteiger partial charge in [0.2, 0.25) is 0 Å². The van der Waals surface area contributed by atoms with Crippen molar-refractivity contribution < 1.29 is 8.42 Å². The number of rotatable bonds is 3. The average molecular weight is 361 g/mol. The molecule has 2 atom stereocenters. The summed E-state index contributed by atoms with van der Waals surface area (Å²) in [7, 11) is -2.88. The number of anilines is 1. The van der Waals surface area contributed by atoms with Crippen LogP contribution in [0.25, 0.3) is 0 Å². The van der Waals surface area contributed by atoms with E-state index in [0.717, 1.165) is 16.6 Å². The molecular formula is C14H21BrN2O2S. The molecule has 112 valence electrons. The number of hydrogen-bond acceptors (Lipinski definition) is 4. The molecule has 1 aromatic carbocycles. The van der Waals surface area contributed by atoms with Crippen molar-refractivity contribution in [3.8, 4) is 0 Å². The zero-order valence-corrected chi connectivity index (χ0v) is 14.2. The predicted octanol–water partition coefficient (Wildman–Crippen LogP) is 1.96. The number of sulfone groups is 1. The molecule has 0 amide bonds. The largest absolute Gasteiger partial charge is 0.366 e. The van der Waals surface area contributed by atoms with Gasteiger partial charge in [-0.15, -0.1) is 0 Å². The van der Waals surface area contributed by atoms with E-state index in [1.807, 2.05) is 13.8 Å². The zero-order valence-electron chi connectivity index (χ0n) is 11.8. The molecule has 1 aliphatic rings. The molecule has 1 heterocycles. The lowest BCUT2D eigenvalue weighted by Crippen LogP contribution is -2.47. The first-order valence-electron chi connectivity index (χ1n) is 6.79. The van der Waals surface area contributed by atoms with Crippen LogP contribution in [0.4, 0.5) is 5.69 Å². The molecule has 1 fully saturated rings. The van der Waals surface area contributed by atoms with Gasteiger partial charge >= 0.3 is 0 Å². The topological polar surface area (TPSA) is 63.4 Å². The Morgan fingerprint density at radius 2 is 2.20 bits per heavy atom. The van der Waals surface area contributed by atoms with E-state index >= 15 is 0 Å². The number of benzene rings is 1. The van der Waals surface area contributed by atoms with Gasteiger partial charge in [0.05, 0.1) is 17.2 Å². The van der Waals surface area contributed by atoms with Crippen molar-refractivity contribution in [3.63, 3.8) is 0 Å². The summed E-state index contributed by atoms with van der Waals surface area (Å²) in [4.78, 5) is 2.15. The van der Waals surface area contributed by atoms with Gasteiger partial charge in [-0.2, -0.15) is 0 Å². The maximum absolute atomic E-state index is 11.6. The van der Waals surface area contributed by atoms with E-state index in [1.54, 1.807) is 0 Å². The second kappa shape index (κ2) is 6.03. The van der Waals surface area contributed by atoms with Crippen molar-refractivity contribution in [2.24, 2.45) is 5.73 Å². The molecule has 0 spiro atoms. The van der Waals surface area contributed by atoms with Crippen LogP contribution in [0.3, 0.4) is 0 Å². The van der Waals surface area contributed by atoms with Crippen molar-refractivity contribution in [1.29, 1.82) is 0 Å². The highest BCUT2D eigenvalue weighted by Gasteiger charge is 2.29. The molecule has 20 heavy (non-hydrogen) atoms. The Labute approximate surface area is 129 Å². The van der Waals surface area contributed by atoms with Gasteiger partial charge in [0.15, 0.2) is 9.84 Å². The van der Waals surface area contributed by atoms with Crippen LogP contribution in [0.1, 0.15) is 19.4 Å². The van der Waals surface area contributed by atoms with E-state index in [0.29, 0.717) is 6.54 Å². The second-order valence-corrected chi connectivity index (χ2v) is 8.71. The molecule has 0 bridgehead atoms. The lowest BCUT2D eigenvalue weighted by atomic mass is 10.1. The van der Waals surface area contributed by atoms with Gasteiger partial charge in [-0.3, -0.25) is 0 Å². The molecule has 0 aliphatic carbocycles. The van der Waals surface area contributed by atoms with E-state index < -0.39 is 9.84 Å². The van der Waals surface area contributed by atoms with Crippen LogP contribution in [0.5, 0.6) is 0 Å². The van der Waals surface area contributed by atoms with Gasteiger partial charge in [-0.1, -0.05) is 6.07 Å². The summed E-state index contributed by atoms with van der Waals surface area (Å²) >= 11 is 3.60. The lowest BCUT2D eigenvalue weighted by Gasteiger charge is -2.35. The Morgan fingerprint density at radius 1 is 1.50 bits per heavy atom. The first kappa shape index (κ1) is 15.8. The second-order valence-electron chi connectivity index (χ2n) is 5.62. The van der Waals surface area contributed by atoms with E-state index in [1.165, 1.54) is 5.56 Å². The molecule has 0 saturated carbocycles. The van der Waals surface area contributed by atoms with Gasteiger partial charge < -0.3 is 10.6 Å². The SMILES string of the molecule is CC(N)Cc1ccc(N2CCS(=O)(=O)CC2C)c(Br)c1. The van der Waals surface area contributed by atoms with Crippen molar-refractivity contribution in [3.05, 3.63) is 28.2 Å². The minimum Gasteiger partial charge on any atom is -0.366 e. The molecule has 6 heteroatoms. The Hall–Kier alpha value is -0.590. The fourth-order valence-corrected chi connectivity index (χ4v) is 4.85. The zero-order chi connectivity index (χ0) is 14.9. The summed E-state index contributed by atoms with van der Waals surface area (Å²) in [6.07, 6.45) is 0.836. The van der Waals surface area contributed by atoms with Crippen molar-refractivity contribution in [2.45, 2.75) is 32.4 Å². The summed E-state index contributed by atoms with van der Waals surface area (Å²) in [6.45, 7) is 4.49. The third-order valence-corrected chi connectivity index (χ3v) is 5.98. The third kappa shape index (κ3) is 3.74. The molecule has 2 unspecified atom stereocenters. The number of halogens is 1. The minimum atomic E-state index is -2.88. The summed E-state index contributed by atoms with van der Waals surface area (Å²) in [6, 6.07) is 6.33. The highest BCUT2D eigenvalue weighted by atomic mass is 79.9. The summed E-state index contributed by atoms with van der Waals surface area (Å²) in [5.41, 5.74) is 8.06. The van der Waals surface area contributed by atoms with Crippen molar-refractivity contribution >= 4 is 31.5 Å². The number of nitrogens with two attached hydrogens (primary N) is 1. The molecule has 2 rings (SSSR count). The van der Waals surface area contributed by atoms with E-state index in [4.69, 9.17) is 5.73 Å². The van der Waals surface area contributed by atoms with Crippen LogP contribution in [0, 0.1) is 0 Å². The van der Waals surface area contributed by atoms with Gasteiger partial charge in [-0.05, 0) is 53.9 Å². The minimum absolute atomic E-state index is 0.00401. The standard InChI is InChI=1S/C14H21BrN2O2S/c1-10(16)7-12-3-4-14(13(15)8-12)17-5-6-20(18,19)9-11(17)2/h3-4,8,10-11H,5-7,9,16H2,1-2H3. The first-order valence-corrected chi connectivity index (χ1v) is 9.41. The number of nitrogens with zero attached hydrogens (tertiary/aromatic N) is 1. The molecular weight excluding hydrogens is 340 g/mol. The van der Waals surface area contributed by atoms with Gasteiger partial charge in [-0.25, -0.2) is 8.42 Å². The normalized spacial score (nSPS) is 23.6. The van der Waals surface area contributed by atoms with Gasteiger partial charge in [0.1, 0.15) is 0 Å². The van der Waals surface area contributed by atoms with E-state index in [9.17, 15) is 8.42 Å². The highest BCUT2D eigenvalue weighted by molar-refractivity contribution is 9.10. The molecule has 0 radical (unpaired) electrons. The van der Waals surface area contributed by atoms with E-state index in [2.05, 4.69) is 39.0 Å². The van der Waals surface area contributed by atoms with E-state index in [-0.39, 0.29) is 23.6 Å². The van der Waals surface area contributed by atoms with Crippen molar-refractivity contribution in [2.75, 3.05) is 23.0 Å². The predicted molar refractivity (Wildman–Crippen MR) is 87.0 cm³/mol. The highest BCUT2D eigenvalue weighted by Crippen LogP contribution is 2.31. The monoisotopic (exact) mass is 360 g/mol. The van der Waals surface area contributed by atoms with Gasteiger partial charge in [0.25, 0.3) is 0 Å². The molecule has 2 N–H and O–H groups in total. The molecule has 0 aromatic heterocycles. The molecule has 4 nitrogen and oxygen atoms in total.